The van der Waals surface area contributed by atoms with E-state index < -0.39 is 0 Å². The Hall–Kier alpha value is 0.390. The highest BCUT2D eigenvalue weighted by atomic mass is 31.1. The van der Waals surface area contributed by atoms with Gasteiger partial charge < -0.3 is 4.90 Å². The summed E-state index contributed by atoms with van der Waals surface area (Å²) >= 11 is 0. The molecule has 0 N–H and O–H groups in total. The van der Waals surface area contributed by atoms with Gasteiger partial charge in [-0.1, -0.05) is 13.8 Å². The molecule has 0 atom stereocenters. The third-order valence-corrected chi connectivity index (χ3v) is 5.28. The molecule has 0 unspecified atom stereocenters. The van der Waals surface area contributed by atoms with Crippen LogP contribution in [0.3, 0.4) is 0 Å². The first-order chi connectivity index (χ1) is 4.70. The molecule has 1 aliphatic heterocycles. The second kappa shape index (κ2) is 3.69. The predicted octanol–water partition coefficient (Wildman–Crippen LogP) is 1.82. The molecule has 0 aromatic heterocycles. The molecular weight excluding hydrogens is 141 g/mol. The molecule has 60 valence electrons. The minimum atomic E-state index is 0.401. The SMILES string of the molecule is CC(C)P1CCN(C)CC1. The summed E-state index contributed by atoms with van der Waals surface area (Å²) in [6.07, 6.45) is 2.95. The van der Waals surface area contributed by atoms with Gasteiger partial charge in [-0.3, -0.25) is 0 Å². The quantitative estimate of drug-likeness (QED) is 0.527. The van der Waals surface area contributed by atoms with Crippen molar-refractivity contribution in [2.45, 2.75) is 19.5 Å². The topological polar surface area (TPSA) is 3.24 Å². The molecule has 1 fully saturated rings. The Morgan fingerprint density at radius 3 is 2.10 bits per heavy atom. The summed E-state index contributed by atoms with van der Waals surface area (Å²) in [5.74, 6) is 0. The summed E-state index contributed by atoms with van der Waals surface area (Å²) in [5, 5.41) is 0. The van der Waals surface area contributed by atoms with Crippen LogP contribution >= 0.6 is 7.92 Å². The van der Waals surface area contributed by atoms with Crippen molar-refractivity contribution >= 4 is 7.92 Å². The number of rotatable bonds is 1. The zero-order valence-electron chi connectivity index (χ0n) is 7.30. The zero-order valence-corrected chi connectivity index (χ0v) is 8.19. The smallest absolute Gasteiger partial charge is 0.00179 e. The van der Waals surface area contributed by atoms with Gasteiger partial charge in [0.1, 0.15) is 0 Å². The van der Waals surface area contributed by atoms with E-state index in [0.29, 0.717) is 7.92 Å². The van der Waals surface area contributed by atoms with E-state index in [9.17, 15) is 0 Å². The molecule has 0 bridgehead atoms. The van der Waals surface area contributed by atoms with Gasteiger partial charge in [-0.25, -0.2) is 0 Å². The van der Waals surface area contributed by atoms with E-state index in [1.807, 2.05) is 0 Å². The lowest BCUT2D eigenvalue weighted by Crippen LogP contribution is -2.31. The van der Waals surface area contributed by atoms with Crippen LogP contribution in [0.5, 0.6) is 0 Å². The molecule has 0 spiro atoms. The standard InChI is InChI=1S/C8H18NP/c1-8(2)10-6-4-9(3)5-7-10/h8H,4-7H2,1-3H3. The summed E-state index contributed by atoms with van der Waals surface area (Å²) in [7, 11) is 2.63. The monoisotopic (exact) mass is 159 g/mol. The van der Waals surface area contributed by atoms with Crippen LogP contribution < -0.4 is 0 Å². The fourth-order valence-electron chi connectivity index (χ4n) is 1.34. The Morgan fingerprint density at radius 2 is 1.70 bits per heavy atom. The average Bonchev–Trinajstić information content (AvgIpc) is 1.88. The van der Waals surface area contributed by atoms with Gasteiger partial charge in [0, 0.05) is 13.1 Å². The lowest BCUT2D eigenvalue weighted by molar-refractivity contribution is 0.367. The fourth-order valence-corrected chi connectivity index (χ4v) is 3.79. The minimum Gasteiger partial charge on any atom is -0.306 e. The van der Waals surface area contributed by atoms with E-state index in [2.05, 4.69) is 25.8 Å². The van der Waals surface area contributed by atoms with Crippen LogP contribution in [0.25, 0.3) is 0 Å². The molecule has 1 heterocycles. The number of hydrogen-bond acceptors (Lipinski definition) is 1. The van der Waals surface area contributed by atoms with E-state index in [0.717, 1.165) is 5.66 Å². The van der Waals surface area contributed by atoms with Crippen LogP contribution in [0.4, 0.5) is 0 Å². The van der Waals surface area contributed by atoms with E-state index in [1.165, 1.54) is 25.4 Å². The second-order valence-electron chi connectivity index (χ2n) is 3.43. The third-order valence-electron chi connectivity index (χ3n) is 2.27. The third kappa shape index (κ3) is 2.21. The molecule has 10 heavy (non-hydrogen) atoms. The van der Waals surface area contributed by atoms with Gasteiger partial charge in [0.2, 0.25) is 0 Å². The van der Waals surface area contributed by atoms with Gasteiger partial charge >= 0.3 is 0 Å². The molecule has 0 aliphatic carbocycles. The first kappa shape index (κ1) is 8.49. The molecule has 1 nitrogen and oxygen atoms in total. The molecule has 0 aromatic carbocycles. The van der Waals surface area contributed by atoms with Gasteiger partial charge in [-0.2, -0.15) is 0 Å². The largest absolute Gasteiger partial charge is 0.306 e. The van der Waals surface area contributed by atoms with Crippen molar-refractivity contribution in [2.75, 3.05) is 32.5 Å². The zero-order chi connectivity index (χ0) is 7.56. The van der Waals surface area contributed by atoms with Crippen LogP contribution in [-0.2, 0) is 0 Å². The normalized spacial score (nSPS) is 24.0. The van der Waals surface area contributed by atoms with Crippen molar-refractivity contribution in [3.63, 3.8) is 0 Å². The summed E-state index contributed by atoms with van der Waals surface area (Å²) in [4.78, 5) is 2.45. The maximum absolute atomic E-state index is 2.45. The lowest BCUT2D eigenvalue weighted by atomic mass is 10.5. The highest BCUT2D eigenvalue weighted by Gasteiger charge is 2.17. The average molecular weight is 159 g/mol. The first-order valence-corrected chi connectivity index (χ1v) is 5.91. The lowest BCUT2D eigenvalue weighted by Gasteiger charge is -2.31. The first-order valence-electron chi connectivity index (χ1n) is 4.13. The Labute approximate surface area is 65.5 Å². The molecule has 0 saturated carbocycles. The van der Waals surface area contributed by atoms with Gasteiger partial charge in [-0.05, 0) is 25.0 Å². The molecule has 0 radical (unpaired) electrons. The van der Waals surface area contributed by atoms with Crippen molar-refractivity contribution in [3.8, 4) is 0 Å². The van der Waals surface area contributed by atoms with E-state index in [-0.39, 0.29) is 0 Å². The van der Waals surface area contributed by atoms with Crippen molar-refractivity contribution in [2.24, 2.45) is 0 Å². The Morgan fingerprint density at radius 1 is 1.20 bits per heavy atom. The van der Waals surface area contributed by atoms with E-state index in [1.54, 1.807) is 0 Å². The highest BCUT2D eigenvalue weighted by molar-refractivity contribution is 7.58. The molecule has 0 aromatic rings. The van der Waals surface area contributed by atoms with Crippen molar-refractivity contribution in [1.29, 1.82) is 0 Å². The maximum atomic E-state index is 2.45. The van der Waals surface area contributed by atoms with Crippen molar-refractivity contribution in [3.05, 3.63) is 0 Å². The van der Waals surface area contributed by atoms with Crippen molar-refractivity contribution < 1.29 is 0 Å². The Balaban J connectivity index is 2.26. The van der Waals surface area contributed by atoms with Crippen molar-refractivity contribution in [1.82, 2.24) is 4.90 Å². The predicted molar refractivity (Wildman–Crippen MR) is 49.3 cm³/mol. The summed E-state index contributed by atoms with van der Waals surface area (Å²) < 4.78 is 0. The van der Waals surface area contributed by atoms with Crippen LogP contribution in [0, 0.1) is 0 Å². The molecule has 1 saturated heterocycles. The van der Waals surface area contributed by atoms with Gasteiger partial charge in [0.05, 0.1) is 0 Å². The van der Waals surface area contributed by atoms with Gasteiger partial charge in [-0.15, -0.1) is 7.92 Å². The Kier molecular flexibility index (Phi) is 3.13. The molecular formula is C8H18NP. The number of hydrogen-bond donors (Lipinski definition) is 0. The molecule has 1 aliphatic rings. The summed E-state index contributed by atoms with van der Waals surface area (Å²) in [5.41, 5.74) is 0.962. The van der Waals surface area contributed by atoms with Crippen LogP contribution in [0.2, 0.25) is 0 Å². The Bertz CT molecular complexity index is 95.4. The van der Waals surface area contributed by atoms with Crippen LogP contribution in [0.15, 0.2) is 0 Å². The summed E-state index contributed by atoms with van der Waals surface area (Å²) in [6, 6.07) is 0. The van der Waals surface area contributed by atoms with Gasteiger partial charge in [0.25, 0.3) is 0 Å². The second-order valence-corrected chi connectivity index (χ2v) is 6.54. The van der Waals surface area contributed by atoms with Gasteiger partial charge in [0.15, 0.2) is 0 Å². The number of nitrogens with zero attached hydrogens (tertiary/aromatic N) is 1. The van der Waals surface area contributed by atoms with Crippen LogP contribution in [-0.4, -0.2) is 43.0 Å². The van der Waals surface area contributed by atoms with E-state index in [4.69, 9.17) is 0 Å². The summed E-state index contributed by atoms with van der Waals surface area (Å²) in [6.45, 7) is 7.42. The maximum Gasteiger partial charge on any atom is 0.00179 e. The highest BCUT2D eigenvalue weighted by Crippen LogP contribution is 2.42. The molecule has 1 rings (SSSR count). The molecule has 2 heteroatoms. The molecule has 0 amide bonds. The van der Waals surface area contributed by atoms with E-state index >= 15 is 0 Å². The fraction of sp³-hybridized carbons (Fsp3) is 1.00. The van der Waals surface area contributed by atoms with Crippen LogP contribution in [0.1, 0.15) is 13.8 Å². The minimum absolute atomic E-state index is 0.401.